The maximum absolute atomic E-state index is 13.4. The first-order valence-electron chi connectivity index (χ1n) is 19.3. The standard InChI is InChI=1S/C42H45BrN8O6/c1-47-24-29(20-30(25-47)45-33-21-44-48(2)42(56)38(33)43)28-10-6-26(7-11-28)22-49-16-18-50(19-17-49)23-27-8-12-31(13-9-27)57-35-5-3-4-32-37(35)41(55)51(40(32)54)34-14-15-36(52)46-39(34)53/h3-13,21,29-30,34,45H,14-20,22-25H2,1-2H3,(H,46,52,53)/t29-,30+,34?/m0/s1. The second kappa shape index (κ2) is 16.3. The highest BCUT2D eigenvalue weighted by molar-refractivity contribution is 9.10. The van der Waals surface area contributed by atoms with Gasteiger partial charge >= 0.3 is 0 Å². The van der Waals surface area contributed by atoms with Crippen molar-refractivity contribution in [3.8, 4) is 11.5 Å². The molecule has 3 aromatic carbocycles. The minimum atomic E-state index is -1.04. The molecule has 57 heavy (non-hydrogen) atoms. The number of benzene rings is 3. The van der Waals surface area contributed by atoms with Gasteiger partial charge in [-0.15, -0.1) is 0 Å². The summed E-state index contributed by atoms with van der Waals surface area (Å²) in [6.45, 7) is 7.43. The molecule has 4 aliphatic rings. The summed E-state index contributed by atoms with van der Waals surface area (Å²) >= 11 is 3.44. The summed E-state index contributed by atoms with van der Waals surface area (Å²) < 4.78 is 7.96. The van der Waals surface area contributed by atoms with E-state index in [0.717, 1.165) is 74.9 Å². The minimum absolute atomic E-state index is 0.0588. The molecule has 1 aromatic heterocycles. The lowest BCUT2D eigenvalue weighted by molar-refractivity contribution is -0.136. The van der Waals surface area contributed by atoms with Crippen molar-refractivity contribution in [2.75, 3.05) is 51.6 Å². The molecule has 0 spiro atoms. The van der Waals surface area contributed by atoms with Crippen molar-refractivity contribution in [3.63, 3.8) is 0 Å². The topological polar surface area (TPSA) is 149 Å². The summed E-state index contributed by atoms with van der Waals surface area (Å²) in [5, 5.41) is 9.95. The number of aryl methyl sites for hydroxylation is 1. The van der Waals surface area contributed by atoms with Crippen LogP contribution in [0.2, 0.25) is 0 Å². The van der Waals surface area contributed by atoms with Crippen molar-refractivity contribution < 1.29 is 23.9 Å². The first kappa shape index (κ1) is 38.6. The van der Waals surface area contributed by atoms with Gasteiger partial charge in [0.2, 0.25) is 11.8 Å². The molecule has 296 valence electrons. The van der Waals surface area contributed by atoms with Crippen LogP contribution >= 0.6 is 15.9 Å². The molecular formula is C42H45BrN8O6. The summed E-state index contributed by atoms with van der Waals surface area (Å²) in [5.41, 5.74) is 4.64. The molecule has 4 amide bonds. The molecule has 4 aromatic rings. The summed E-state index contributed by atoms with van der Waals surface area (Å²) in [6, 6.07) is 20.8. The number of imide groups is 2. The molecule has 3 saturated heterocycles. The number of piperidine rings is 2. The molecule has 15 heteroatoms. The molecule has 3 fully saturated rings. The SMILES string of the molecule is CN1C[C@H](Nc2cnn(C)c(=O)c2Br)C[C@H](c2ccc(CN3CCN(Cc4ccc(Oc5cccc6c5C(=O)N(C5CCC(=O)NC5=O)C6=O)cc4)CC3)cc2)C1. The second-order valence-electron chi connectivity index (χ2n) is 15.5. The van der Waals surface area contributed by atoms with E-state index < -0.39 is 29.7 Å². The molecule has 0 radical (unpaired) electrons. The molecule has 1 unspecified atom stereocenters. The summed E-state index contributed by atoms with van der Waals surface area (Å²) in [4.78, 5) is 71.3. The van der Waals surface area contributed by atoms with Crippen molar-refractivity contribution in [3.05, 3.63) is 116 Å². The lowest BCUT2D eigenvalue weighted by Crippen LogP contribution is -2.54. The summed E-state index contributed by atoms with van der Waals surface area (Å²) in [6.07, 6.45) is 2.82. The Labute approximate surface area is 338 Å². The lowest BCUT2D eigenvalue weighted by atomic mass is 9.87. The fraction of sp³-hybridized carbons (Fsp3) is 0.381. The summed E-state index contributed by atoms with van der Waals surface area (Å²) in [7, 11) is 3.79. The highest BCUT2D eigenvalue weighted by Crippen LogP contribution is 2.36. The van der Waals surface area contributed by atoms with Gasteiger partial charge in [-0.25, -0.2) is 4.68 Å². The Kier molecular flexibility index (Phi) is 11.1. The van der Waals surface area contributed by atoms with Crippen LogP contribution in [-0.4, -0.2) is 111 Å². The largest absolute Gasteiger partial charge is 0.457 e. The Balaban J connectivity index is 0.813. The first-order valence-corrected chi connectivity index (χ1v) is 20.1. The predicted octanol–water partition coefficient (Wildman–Crippen LogP) is 3.95. The van der Waals surface area contributed by atoms with E-state index in [9.17, 15) is 24.0 Å². The Hall–Kier alpha value is -5.22. The highest BCUT2D eigenvalue weighted by Gasteiger charge is 2.46. The van der Waals surface area contributed by atoms with E-state index in [-0.39, 0.29) is 41.3 Å². The van der Waals surface area contributed by atoms with E-state index in [2.05, 4.69) is 77.7 Å². The van der Waals surface area contributed by atoms with Gasteiger partial charge < -0.3 is 15.0 Å². The van der Waals surface area contributed by atoms with Crippen molar-refractivity contribution in [2.45, 2.75) is 50.4 Å². The lowest BCUT2D eigenvalue weighted by Gasteiger charge is -2.37. The maximum Gasteiger partial charge on any atom is 0.282 e. The fourth-order valence-electron chi connectivity index (χ4n) is 8.37. The number of rotatable bonds is 10. The number of carbonyl (C=O) groups is 4. The van der Waals surface area contributed by atoms with Crippen LogP contribution in [0.3, 0.4) is 0 Å². The Bertz CT molecular complexity index is 2260. The van der Waals surface area contributed by atoms with Gasteiger partial charge in [0.15, 0.2) is 0 Å². The van der Waals surface area contributed by atoms with Gasteiger partial charge in [-0.2, -0.15) is 5.10 Å². The number of likely N-dealkylation sites (N-methyl/N-ethyl adjacent to an activating group) is 1. The summed E-state index contributed by atoms with van der Waals surface area (Å²) in [5.74, 6) is -1.08. The second-order valence-corrected chi connectivity index (χ2v) is 16.3. The van der Waals surface area contributed by atoms with Crippen LogP contribution < -0.4 is 20.9 Å². The molecule has 3 atom stereocenters. The van der Waals surface area contributed by atoms with E-state index in [1.807, 2.05) is 24.3 Å². The number of likely N-dealkylation sites (tertiary alicyclic amines) is 1. The average Bonchev–Trinajstić information content (AvgIpc) is 3.46. The third-order valence-electron chi connectivity index (χ3n) is 11.4. The number of amides is 4. The number of nitrogens with one attached hydrogen (secondary N) is 2. The van der Waals surface area contributed by atoms with Gasteiger partial charge in [0.05, 0.1) is 23.0 Å². The third-order valence-corrected chi connectivity index (χ3v) is 12.1. The van der Waals surface area contributed by atoms with Crippen molar-refractivity contribution in [1.82, 2.24) is 34.7 Å². The monoisotopic (exact) mass is 836 g/mol. The van der Waals surface area contributed by atoms with Gasteiger partial charge in [0.1, 0.15) is 22.0 Å². The number of piperazine rings is 1. The number of hydrogen-bond donors (Lipinski definition) is 2. The normalized spacial score (nSPS) is 22.1. The first-order chi connectivity index (χ1) is 27.5. The molecule has 14 nitrogen and oxygen atoms in total. The molecular weight excluding hydrogens is 792 g/mol. The van der Waals surface area contributed by atoms with Crippen molar-refractivity contribution in [2.24, 2.45) is 7.05 Å². The van der Waals surface area contributed by atoms with Gasteiger partial charge in [0.25, 0.3) is 17.4 Å². The Morgan fingerprint density at radius 1 is 0.842 bits per heavy atom. The van der Waals surface area contributed by atoms with Gasteiger partial charge in [-0.3, -0.25) is 44.0 Å². The molecule has 0 aliphatic carbocycles. The van der Waals surface area contributed by atoms with E-state index in [0.29, 0.717) is 16.1 Å². The minimum Gasteiger partial charge on any atom is -0.457 e. The zero-order chi connectivity index (χ0) is 39.8. The molecule has 2 N–H and O–H groups in total. The van der Waals surface area contributed by atoms with Crippen molar-refractivity contribution in [1.29, 1.82) is 0 Å². The van der Waals surface area contributed by atoms with Gasteiger partial charge in [-0.1, -0.05) is 42.5 Å². The molecule has 8 rings (SSSR count). The zero-order valence-corrected chi connectivity index (χ0v) is 33.5. The number of anilines is 1. The number of carbonyl (C=O) groups excluding carboxylic acids is 4. The van der Waals surface area contributed by atoms with Crippen LogP contribution in [0.5, 0.6) is 11.5 Å². The average molecular weight is 838 g/mol. The van der Waals surface area contributed by atoms with Crippen LogP contribution in [-0.2, 0) is 29.7 Å². The number of fused-ring (bicyclic) bond motifs is 1. The Morgan fingerprint density at radius 2 is 1.51 bits per heavy atom. The molecule has 0 bridgehead atoms. The zero-order valence-electron chi connectivity index (χ0n) is 31.9. The van der Waals surface area contributed by atoms with Crippen molar-refractivity contribution >= 4 is 45.2 Å². The van der Waals surface area contributed by atoms with E-state index >= 15 is 0 Å². The fourth-order valence-corrected chi connectivity index (χ4v) is 8.85. The van der Waals surface area contributed by atoms with Crippen LogP contribution in [0.25, 0.3) is 0 Å². The number of aromatic nitrogens is 2. The van der Waals surface area contributed by atoms with Crippen LogP contribution in [0, 0.1) is 0 Å². The number of halogens is 1. The maximum atomic E-state index is 13.4. The number of nitrogens with zero attached hydrogens (tertiary/aromatic N) is 6. The molecule has 0 saturated carbocycles. The van der Waals surface area contributed by atoms with Gasteiger partial charge in [0, 0.05) is 71.9 Å². The van der Waals surface area contributed by atoms with Crippen LogP contribution in [0.4, 0.5) is 5.69 Å². The van der Waals surface area contributed by atoms with E-state index in [4.69, 9.17) is 4.74 Å². The van der Waals surface area contributed by atoms with Crippen LogP contribution in [0.1, 0.15) is 62.6 Å². The smallest absolute Gasteiger partial charge is 0.282 e. The van der Waals surface area contributed by atoms with E-state index in [1.54, 1.807) is 31.4 Å². The Morgan fingerprint density at radius 3 is 2.18 bits per heavy atom. The van der Waals surface area contributed by atoms with Crippen LogP contribution in [0.15, 0.2) is 82.2 Å². The highest BCUT2D eigenvalue weighted by atomic mass is 79.9. The number of ether oxygens (including phenoxy) is 1. The molecule has 5 heterocycles. The number of hydrogen-bond acceptors (Lipinski definition) is 11. The predicted molar refractivity (Wildman–Crippen MR) is 216 cm³/mol. The van der Waals surface area contributed by atoms with Gasteiger partial charge in [-0.05, 0) is 82.7 Å². The third kappa shape index (κ3) is 8.28. The quantitative estimate of drug-likeness (QED) is 0.224. The van der Waals surface area contributed by atoms with E-state index in [1.165, 1.54) is 15.8 Å². The molecule has 4 aliphatic heterocycles.